The van der Waals surface area contributed by atoms with E-state index in [1.165, 1.54) is 16.4 Å². The maximum Gasteiger partial charge on any atom is 0.312 e. The summed E-state index contributed by atoms with van der Waals surface area (Å²) in [4.78, 5) is 10.7. The first-order chi connectivity index (χ1) is 13.9. The molecule has 2 aromatic rings. The number of ether oxygens (including phenoxy) is 3. The molecule has 1 heterocycles. The number of sulfonamides is 1. The van der Waals surface area contributed by atoms with Crippen LogP contribution in [0, 0.1) is 10.1 Å². The van der Waals surface area contributed by atoms with Crippen LogP contribution in [0.3, 0.4) is 0 Å². The monoisotopic (exact) mass is 422 g/mol. The number of nitrogens with zero attached hydrogens (tertiary/aromatic N) is 2. The van der Waals surface area contributed by atoms with Gasteiger partial charge in [0.05, 0.1) is 16.9 Å². The van der Waals surface area contributed by atoms with Crippen LogP contribution >= 0.6 is 0 Å². The zero-order valence-corrected chi connectivity index (χ0v) is 16.8. The lowest BCUT2D eigenvalue weighted by Crippen LogP contribution is -2.27. The Morgan fingerprint density at radius 2 is 1.62 bits per heavy atom. The Balaban J connectivity index is 1.65. The molecule has 0 N–H and O–H groups in total. The molecule has 1 fully saturated rings. The highest BCUT2D eigenvalue weighted by atomic mass is 32.2. The van der Waals surface area contributed by atoms with Gasteiger partial charge in [-0.2, -0.15) is 4.31 Å². The van der Waals surface area contributed by atoms with Crippen molar-refractivity contribution in [3.05, 3.63) is 52.6 Å². The average molecular weight is 422 g/mol. The minimum absolute atomic E-state index is 0.00583. The minimum atomic E-state index is -3.74. The Morgan fingerprint density at radius 3 is 2.24 bits per heavy atom. The summed E-state index contributed by atoms with van der Waals surface area (Å²) in [5.41, 5.74) is -0.394. The number of hydrogen-bond donors (Lipinski definition) is 0. The number of benzene rings is 2. The quantitative estimate of drug-likeness (QED) is 0.347. The first kappa shape index (κ1) is 20.9. The molecule has 156 valence electrons. The molecule has 0 spiro atoms. The van der Waals surface area contributed by atoms with Gasteiger partial charge in [-0.15, -0.1) is 0 Å². The van der Waals surface area contributed by atoms with Crippen LogP contribution in [0.1, 0.15) is 12.8 Å². The van der Waals surface area contributed by atoms with E-state index in [0.717, 1.165) is 18.9 Å². The van der Waals surface area contributed by atoms with Gasteiger partial charge in [0.15, 0.2) is 5.75 Å². The molecule has 0 amide bonds. The predicted octanol–water partition coefficient (Wildman–Crippen LogP) is 2.85. The molecule has 1 saturated heterocycles. The van der Waals surface area contributed by atoms with Crippen molar-refractivity contribution in [1.29, 1.82) is 0 Å². The maximum atomic E-state index is 12.6. The van der Waals surface area contributed by atoms with Crippen molar-refractivity contribution in [3.8, 4) is 17.2 Å². The second kappa shape index (κ2) is 9.10. The van der Waals surface area contributed by atoms with Gasteiger partial charge in [-0.1, -0.05) is 0 Å². The predicted molar refractivity (Wildman–Crippen MR) is 105 cm³/mol. The van der Waals surface area contributed by atoms with Crippen molar-refractivity contribution < 1.29 is 27.6 Å². The minimum Gasteiger partial charge on any atom is -0.497 e. The van der Waals surface area contributed by atoms with E-state index in [2.05, 4.69) is 0 Å². The third-order valence-electron chi connectivity index (χ3n) is 4.50. The Morgan fingerprint density at radius 1 is 1.00 bits per heavy atom. The van der Waals surface area contributed by atoms with Gasteiger partial charge in [-0.05, 0) is 49.2 Å². The third-order valence-corrected chi connectivity index (χ3v) is 6.39. The summed E-state index contributed by atoms with van der Waals surface area (Å²) in [6.07, 6.45) is 1.58. The molecule has 3 rings (SSSR count). The number of rotatable bonds is 9. The van der Waals surface area contributed by atoms with Crippen molar-refractivity contribution in [2.75, 3.05) is 33.4 Å². The van der Waals surface area contributed by atoms with E-state index in [9.17, 15) is 18.5 Å². The van der Waals surface area contributed by atoms with E-state index in [1.807, 2.05) is 0 Å². The highest BCUT2D eigenvalue weighted by Crippen LogP contribution is 2.31. The van der Waals surface area contributed by atoms with Gasteiger partial charge < -0.3 is 14.2 Å². The fourth-order valence-corrected chi connectivity index (χ4v) is 4.52. The first-order valence-electron chi connectivity index (χ1n) is 9.10. The molecule has 1 aliphatic rings. The zero-order chi connectivity index (χ0) is 20.9. The Hall–Kier alpha value is -2.85. The molecule has 0 aliphatic carbocycles. The molecular weight excluding hydrogens is 400 g/mol. The zero-order valence-electron chi connectivity index (χ0n) is 15.9. The van der Waals surface area contributed by atoms with Gasteiger partial charge in [0.2, 0.25) is 10.0 Å². The summed E-state index contributed by atoms with van der Waals surface area (Å²) in [6, 6.07) is 10.7. The summed E-state index contributed by atoms with van der Waals surface area (Å²) < 4.78 is 42.6. The molecule has 2 aromatic carbocycles. The van der Waals surface area contributed by atoms with Crippen LogP contribution in [0.25, 0.3) is 0 Å². The van der Waals surface area contributed by atoms with Gasteiger partial charge in [0.25, 0.3) is 0 Å². The normalized spacial score (nSPS) is 14.5. The molecule has 0 aromatic heterocycles. The maximum absolute atomic E-state index is 12.6. The fraction of sp³-hybridized carbons (Fsp3) is 0.368. The molecule has 0 radical (unpaired) electrons. The van der Waals surface area contributed by atoms with Gasteiger partial charge in [0, 0.05) is 19.2 Å². The number of hydrogen-bond acceptors (Lipinski definition) is 7. The van der Waals surface area contributed by atoms with E-state index in [0.29, 0.717) is 24.6 Å². The van der Waals surface area contributed by atoms with E-state index in [-0.39, 0.29) is 23.9 Å². The van der Waals surface area contributed by atoms with Crippen LogP contribution in [-0.4, -0.2) is 51.1 Å². The van der Waals surface area contributed by atoms with Crippen molar-refractivity contribution in [2.24, 2.45) is 0 Å². The average Bonchev–Trinajstić information content (AvgIpc) is 3.27. The molecule has 29 heavy (non-hydrogen) atoms. The number of nitro benzene ring substituents is 1. The summed E-state index contributed by atoms with van der Waals surface area (Å²) in [5.74, 6) is 1.30. The van der Waals surface area contributed by atoms with Gasteiger partial charge >= 0.3 is 5.69 Å². The smallest absolute Gasteiger partial charge is 0.312 e. The largest absolute Gasteiger partial charge is 0.497 e. The van der Waals surface area contributed by atoms with Gasteiger partial charge in [-0.25, -0.2) is 8.42 Å². The van der Waals surface area contributed by atoms with E-state index in [1.54, 1.807) is 31.4 Å². The van der Waals surface area contributed by atoms with Crippen molar-refractivity contribution in [2.45, 2.75) is 17.7 Å². The summed E-state index contributed by atoms with van der Waals surface area (Å²) >= 11 is 0. The first-order valence-corrected chi connectivity index (χ1v) is 10.5. The van der Waals surface area contributed by atoms with Crippen molar-refractivity contribution >= 4 is 15.7 Å². The molecule has 9 nitrogen and oxygen atoms in total. The van der Waals surface area contributed by atoms with Crippen LogP contribution in [0.5, 0.6) is 17.2 Å². The lowest BCUT2D eigenvalue weighted by molar-refractivity contribution is -0.386. The summed E-state index contributed by atoms with van der Waals surface area (Å²) in [6.45, 7) is 1.08. The van der Waals surface area contributed by atoms with Crippen molar-refractivity contribution in [3.63, 3.8) is 0 Å². The molecule has 10 heteroatoms. The fourth-order valence-electron chi connectivity index (χ4n) is 2.98. The molecule has 0 bridgehead atoms. The lowest BCUT2D eigenvalue weighted by atomic mass is 10.3. The Labute approximate surface area is 169 Å². The van der Waals surface area contributed by atoms with Crippen LogP contribution in [0.4, 0.5) is 5.69 Å². The Kier molecular flexibility index (Phi) is 6.55. The van der Waals surface area contributed by atoms with Crippen LogP contribution < -0.4 is 14.2 Å². The van der Waals surface area contributed by atoms with Crippen LogP contribution in [-0.2, 0) is 10.0 Å². The van der Waals surface area contributed by atoms with Gasteiger partial charge in [-0.3, -0.25) is 10.1 Å². The topological polar surface area (TPSA) is 108 Å². The number of nitro groups is 1. The van der Waals surface area contributed by atoms with E-state index in [4.69, 9.17) is 14.2 Å². The van der Waals surface area contributed by atoms with Crippen LogP contribution in [0.2, 0.25) is 0 Å². The molecule has 0 saturated carbocycles. The SMILES string of the molecule is COc1ccc(OCCOc2ccc(S(=O)(=O)N3CCCC3)cc2[N+](=O)[O-])cc1. The third kappa shape index (κ3) is 4.96. The molecule has 0 unspecified atom stereocenters. The highest BCUT2D eigenvalue weighted by Gasteiger charge is 2.29. The molecular formula is C19H22N2O7S. The number of methoxy groups -OCH3 is 1. The highest BCUT2D eigenvalue weighted by molar-refractivity contribution is 7.89. The van der Waals surface area contributed by atoms with E-state index >= 15 is 0 Å². The van der Waals surface area contributed by atoms with Gasteiger partial charge in [0.1, 0.15) is 24.7 Å². The second-order valence-electron chi connectivity index (χ2n) is 6.37. The van der Waals surface area contributed by atoms with E-state index < -0.39 is 20.6 Å². The van der Waals surface area contributed by atoms with Crippen molar-refractivity contribution in [1.82, 2.24) is 4.31 Å². The van der Waals surface area contributed by atoms with Crippen LogP contribution in [0.15, 0.2) is 47.4 Å². The molecule has 1 aliphatic heterocycles. The Bertz CT molecular complexity index is 955. The summed E-state index contributed by atoms with van der Waals surface area (Å²) in [7, 11) is -2.17. The lowest BCUT2D eigenvalue weighted by Gasteiger charge is -2.16. The standard InChI is InChI=1S/C19H22N2O7S/c1-26-15-4-6-16(7-5-15)27-12-13-28-19-9-8-17(14-18(19)21(22)23)29(24,25)20-10-2-3-11-20/h4-9,14H,2-3,10-13H2,1H3. The summed E-state index contributed by atoms with van der Waals surface area (Å²) in [5, 5.41) is 11.4. The molecule has 0 atom stereocenters. The second-order valence-corrected chi connectivity index (χ2v) is 8.31.